The van der Waals surface area contributed by atoms with Gasteiger partial charge in [0.2, 0.25) is 0 Å². The van der Waals surface area contributed by atoms with Crippen LogP contribution in [0.2, 0.25) is 5.02 Å². The van der Waals surface area contributed by atoms with E-state index in [4.69, 9.17) is 17.4 Å². The second-order valence-corrected chi connectivity index (χ2v) is 3.37. The lowest BCUT2D eigenvalue weighted by atomic mass is 10.3. The van der Waals surface area contributed by atoms with Crippen molar-refractivity contribution in [2.45, 2.75) is 0 Å². The van der Waals surface area contributed by atoms with E-state index in [0.717, 1.165) is 9.26 Å². The maximum atomic E-state index is 5.70. The number of nitrogens with one attached hydrogen (secondary N) is 1. The highest BCUT2D eigenvalue weighted by atomic mass is 127. The summed E-state index contributed by atoms with van der Waals surface area (Å²) in [5.74, 6) is 5.21. The number of hydrazine groups is 1. The Labute approximate surface area is 77.9 Å². The predicted molar refractivity (Wildman–Crippen MR) is 52.0 cm³/mol. The molecule has 0 aliphatic carbocycles. The van der Waals surface area contributed by atoms with Gasteiger partial charge < -0.3 is 5.43 Å². The minimum Gasteiger partial charge on any atom is -0.323 e. The molecule has 0 atom stereocenters. The fourth-order valence-electron chi connectivity index (χ4n) is 0.608. The summed E-state index contributed by atoms with van der Waals surface area (Å²) in [7, 11) is 0. The Morgan fingerprint density at radius 1 is 1.50 bits per heavy atom. The van der Waals surface area contributed by atoms with Crippen LogP contribution in [0.4, 0.5) is 5.69 Å². The molecule has 0 saturated carbocycles. The Morgan fingerprint density at radius 2 is 2.20 bits per heavy atom. The molecule has 0 fully saturated rings. The highest BCUT2D eigenvalue weighted by molar-refractivity contribution is 14.1. The highest BCUT2D eigenvalue weighted by Gasteiger charge is 1.96. The lowest BCUT2D eigenvalue weighted by molar-refractivity contribution is 1.34. The molecule has 0 amide bonds. The van der Waals surface area contributed by atoms with Crippen molar-refractivity contribution in [3.8, 4) is 0 Å². The highest BCUT2D eigenvalue weighted by Crippen LogP contribution is 2.21. The summed E-state index contributed by atoms with van der Waals surface area (Å²) in [4.78, 5) is 0. The van der Waals surface area contributed by atoms with E-state index < -0.39 is 0 Å². The molecule has 1 aromatic rings. The normalized spacial score (nSPS) is 9.50. The van der Waals surface area contributed by atoms with E-state index in [2.05, 4.69) is 28.0 Å². The third-order valence-corrected chi connectivity index (χ3v) is 2.26. The van der Waals surface area contributed by atoms with Crippen molar-refractivity contribution in [1.29, 1.82) is 0 Å². The van der Waals surface area contributed by atoms with Gasteiger partial charge in [0.05, 0.1) is 5.69 Å². The Morgan fingerprint density at radius 3 is 2.70 bits per heavy atom. The van der Waals surface area contributed by atoms with Crippen LogP contribution in [-0.2, 0) is 0 Å². The Kier molecular flexibility index (Phi) is 2.76. The van der Waals surface area contributed by atoms with E-state index in [1.807, 2.05) is 12.1 Å². The Bertz CT molecular complexity index is 239. The molecule has 54 valence electrons. The molecule has 0 spiro atoms. The fourth-order valence-corrected chi connectivity index (χ4v) is 1.27. The average molecular weight is 268 g/mol. The number of benzene rings is 1. The van der Waals surface area contributed by atoms with Crippen LogP contribution in [0.1, 0.15) is 0 Å². The molecule has 3 N–H and O–H groups in total. The molecule has 0 radical (unpaired) electrons. The minimum atomic E-state index is 0.688. The van der Waals surface area contributed by atoms with Gasteiger partial charge in [-0.25, -0.2) is 0 Å². The number of halogens is 2. The molecule has 2 nitrogen and oxygen atoms in total. The molecular weight excluding hydrogens is 262 g/mol. The number of nitrogen functional groups attached to an aromatic ring is 1. The molecule has 10 heavy (non-hydrogen) atoms. The number of hydrogen-bond acceptors (Lipinski definition) is 2. The van der Waals surface area contributed by atoms with Crippen molar-refractivity contribution in [2.24, 2.45) is 5.84 Å². The zero-order chi connectivity index (χ0) is 7.56. The Hall–Kier alpha value is -0.000000000000000111. The van der Waals surface area contributed by atoms with E-state index >= 15 is 0 Å². The second kappa shape index (κ2) is 3.41. The standard InChI is InChI=1S/C6H6ClIN2/c7-4-1-2-5(8)6(3-4)10-9/h1-3,10H,9H2. The molecule has 0 aromatic heterocycles. The minimum absolute atomic E-state index is 0.688. The van der Waals surface area contributed by atoms with Crippen molar-refractivity contribution in [3.05, 3.63) is 26.8 Å². The van der Waals surface area contributed by atoms with E-state index in [0.29, 0.717) is 5.02 Å². The van der Waals surface area contributed by atoms with Gasteiger partial charge in [0.1, 0.15) is 0 Å². The molecule has 0 unspecified atom stereocenters. The van der Waals surface area contributed by atoms with E-state index in [-0.39, 0.29) is 0 Å². The largest absolute Gasteiger partial charge is 0.323 e. The molecular formula is C6H6ClIN2. The predicted octanol–water partition coefficient (Wildman–Crippen LogP) is 2.23. The average Bonchev–Trinajstić information content (AvgIpc) is 1.94. The van der Waals surface area contributed by atoms with Crippen molar-refractivity contribution in [3.63, 3.8) is 0 Å². The van der Waals surface area contributed by atoms with E-state index in [1.54, 1.807) is 6.07 Å². The van der Waals surface area contributed by atoms with Gasteiger partial charge in [0.15, 0.2) is 0 Å². The summed E-state index contributed by atoms with van der Waals surface area (Å²) in [6.07, 6.45) is 0. The molecule has 1 aromatic carbocycles. The zero-order valence-corrected chi connectivity index (χ0v) is 7.98. The monoisotopic (exact) mass is 268 g/mol. The van der Waals surface area contributed by atoms with Gasteiger partial charge in [-0.2, -0.15) is 0 Å². The van der Waals surface area contributed by atoms with Crippen LogP contribution in [0.3, 0.4) is 0 Å². The van der Waals surface area contributed by atoms with Gasteiger partial charge in [0.25, 0.3) is 0 Å². The second-order valence-electron chi connectivity index (χ2n) is 1.77. The van der Waals surface area contributed by atoms with Crippen LogP contribution in [0, 0.1) is 3.57 Å². The molecule has 0 heterocycles. The maximum absolute atomic E-state index is 5.70. The SMILES string of the molecule is NNc1cc(Cl)ccc1I. The van der Waals surface area contributed by atoms with E-state index in [9.17, 15) is 0 Å². The summed E-state index contributed by atoms with van der Waals surface area (Å²) < 4.78 is 1.06. The van der Waals surface area contributed by atoms with E-state index in [1.165, 1.54) is 0 Å². The number of nitrogens with two attached hydrogens (primary N) is 1. The van der Waals surface area contributed by atoms with Crippen molar-refractivity contribution >= 4 is 39.9 Å². The van der Waals surface area contributed by atoms with Crippen LogP contribution in [0.5, 0.6) is 0 Å². The molecule has 0 aliphatic heterocycles. The summed E-state index contributed by atoms with van der Waals surface area (Å²) in [5.41, 5.74) is 3.40. The van der Waals surface area contributed by atoms with Gasteiger partial charge in [-0.15, -0.1) is 0 Å². The summed E-state index contributed by atoms with van der Waals surface area (Å²) in [5, 5.41) is 0.688. The molecule has 0 bridgehead atoms. The van der Waals surface area contributed by atoms with Crippen molar-refractivity contribution < 1.29 is 0 Å². The number of anilines is 1. The van der Waals surface area contributed by atoms with Crippen LogP contribution in [0.15, 0.2) is 18.2 Å². The smallest absolute Gasteiger partial charge is 0.0633 e. The first-order valence-corrected chi connectivity index (χ1v) is 4.11. The van der Waals surface area contributed by atoms with Crippen LogP contribution < -0.4 is 11.3 Å². The van der Waals surface area contributed by atoms with Gasteiger partial charge in [-0.1, -0.05) is 11.6 Å². The fraction of sp³-hybridized carbons (Fsp3) is 0. The summed E-state index contributed by atoms with van der Waals surface area (Å²) >= 11 is 7.87. The first-order valence-electron chi connectivity index (χ1n) is 2.65. The van der Waals surface area contributed by atoms with Crippen LogP contribution in [-0.4, -0.2) is 0 Å². The maximum Gasteiger partial charge on any atom is 0.0633 e. The third-order valence-electron chi connectivity index (χ3n) is 1.08. The van der Waals surface area contributed by atoms with Gasteiger partial charge in [-0.3, -0.25) is 5.84 Å². The third kappa shape index (κ3) is 1.74. The molecule has 1 rings (SSSR count). The van der Waals surface area contributed by atoms with Crippen molar-refractivity contribution in [2.75, 3.05) is 5.43 Å². The zero-order valence-electron chi connectivity index (χ0n) is 5.07. The summed E-state index contributed by atoms with van der Waals surface area (Å²) in [6.45, 7) is 0. The first-order chi connectivity index (χ1) is 4.74. The lowest BCUT2D eigenvalue weighted by Gasteiger charge is -2.01. The quantitative estimate of drug-likeness (QED) is 0.466. The van der Waals surface area contributed by atoms with Gasteiger partial charge in [-0.05, 0) is 40.8 Å². The Balaban J connectivity index is 3.09. The van der Waals surface area contributed by atoms with Crippen molar-refractivity contribution in [1.82, 2.24) is 0 Å². The molecule has 4 heteroatoms. The van der Waals surface area contributed by atoms with Gasteiger partial charge >= 0.3 is 0 Å². The number of hydrogen-bond donors (Lipinski definition) is 2. The van der Waals surface area contributed by atoms with Crippen LogP contribution >= 0.6 is 34.2 Å². The lowest BCUT2D eigenvalue weighted by Crippen LogP contribution is -2.07. The summed E-state index contributed by atoms with van der Waals surface area (Å²) in [6, 6.07) is 5.51. The first kappa shape index (κ1) is 8.10. The molecule has 0 aliphatic rings. The van der Waals surface area contributed by atoms with Crippen LogP contribution in [0.25, 0.3) is 0 Å². The number of rotatable bonds is 1. The van der Waals surface area contributed by atoms with Gasteiger partial charge in [0, 0.05) is 8.59 Å². The topological polar surface area (TPSA) is 38.0 Å². The molecule has 0 saturated heterocycles.